The molecule has 0 fully saturated rings. The summed E-state index contributed by atoms with van der Waals surface area (Å²) in [6, 6.07) is 7.77. The number of carbonyl (C=O) groups is 1. The standard InChI is InChI=1S/C16H23N3O/c1-11-6-5-9-15(14(11)10-17)19-16(20)12(2)7-4-8-13(3)18/h5-6,9,12-13H,4,7-8,18H2,1-3H3,(H,19,20). The van der Waals surface area contributed by atoms with Crippen LogP contribution in [0, 0.1) is 24.2 Å². The number of hydrogen-bond donors (Lipinski definition) is 2. The summed E-state index contributed by atoms with van der Waals surface area (Å²) in [6.07, 6.45) is 2.66. The van der Waals surface area contributed by atoms with Crippen LogP contribution in [-0.2, 0) is 4.79 Å². The Hall–Kier alpha value is -1.86. The van der Waals surface area contributed by atoms with Crippen molar-refractivity contribution in [3.8, 4) is 6.07 Å². The van der Waals surface area contributed by atoms with Gasteiger partial charge in [-0.25, -0.2) is 0 Å². The van der Waals surface area contributed by atoms with Crippen LogP contribution in [0.4, 0.5) is 5.69 Å². The van der Waals surface area contributed by atoms with Crippen LogP contribution in [0.25, 0.3) is 0 Å². The van der Waals surface area contributed by atoms with Crippen molar-refractivity contribution < 1.29 is 4.79 Å². The Kier molecular flexibility index (Phi) is 6.20. The van der Waals surface area contributed by atoms with Crippen LogP contribution >= 0.6 is 0 Å². The summed E-state index contributed by atoms with van der Waals surface area (Å²) in [5.41, 5.74) is 7.69. The Labute approximate surface area is 121 Å². The van der Waals surface area contributed by atoms with Gasteiger partial charge in [0.05, 0.1) is 11.3 Å². The maximum absolute atomic E-state index is 12.1. The van der Waals surface area contributed by atoms with E-state index in [1.165, 1.54) is 0 Å². The van der Waals surface area contributed by atoms with Gasteiger partial charge in [0.15, 0.2) is 0 Å². The first kappa shape index (κ1) is 16.2. The number of rotatable bonds is 6. The Bertz CT molecular complexity index is 503. The summed E-state index contributed by atoms with van der Waals surface area (Å²) in [7, 11) is 0. The highest BCUT2D eigenvalue weighted by atomic mass is 16.1. The van der Waals surface area contributed by atoms with Crippen LogP contribution in [0.15, 0.2) is 18.2 Å². The predicted octanol–water partition coefficient (Wildman–Crippen LogP) is 2.96. The van der Waals surface area contributed by atoms with Crippen LogP contribution < -0.4 is 11.1 Å². The van der Waals surface area contributed by atoms with E-state index in [0.29, 0.717) is 11.3 Å². The first-order chi connectivity index (χ1) is 9.45. The SMILES string of the molecule is Cc1cccc(NC(=O)C(C)CCCC(C)N)c1C#N. The van der Waals surface area contributed by atoms with Crippen molar-refractivity contribution in [2.45, 2.75) is 46.1 Å². The molecule has 4 heteroatoms. The molecule has 1 amide bonds. The van der Waals surface area contributed by atoms with Gasteiger partial charge in [-0.15, -0.1) is 0 Å². The molecular weight excluding hydrogens is 250 g/mol. The van der Waals surface area contributed by atoms with E-state index in [0.717, 1.165) is 24.8 Å². The maximum atomic E-state index is 12.1. The van der Waals surface area contributed by atoms with E-state index in [-0.39, 0.29) is 17.9 Å². The zero-order chi connectivity index (χ0) is 15.1. The third kappa shape index (κ3) is 4.67. The Morgan fingerprint density at radius 1 is 1.40 bits per heavy atom. The molecule has 4 nitrogen and oxygen atoms in total. The fourth-order valence-electron chi connectivity index (χ4n) is 2.05. The maximum Gasteiger partial charge on any atom is 0.227 e. The molecule has 2 atom stereocenters. The van der Waals surface area contributed by atoms with Crippen molar-refractivity contribution >= 4 is 11.6 Å². The van der Waals surface area contributed by atoms with Gasteiger partial charge in [-0.2, -0.15) is 5.26 Å². The molecule has 20 heavy (non-hydrogen) atoms. The fourth-order valence-corrected chi connectivity index (χ4v) is 2.05. The average molecular weight is 273 g/mol. The number of anilines is 1. The molecule has 0 saturated heterocycles. The minimum Gasteiger partial charge on any atom is -0.328 e. The molecule has 108 valence electrons. The third-order valence-corrected chi connectivity index (χ3v) is 3.39. The molecule has 1 rings (SSSR count). The van der Waals surface area contributed by atoms with Crippen molar-refractivity contribution in [2.75, 3.05) is 5.32 Å². The van der Waals surface area contributed by atoms with Crippen molar-refractivity contribution in [2.24, 2.45) is 11.7 Å². The van der Waals surface area contributed by atoms with Crippen molar-refractivity contribution in [1.29, 1.82) is 5.26 Å². The number of hydrogen-bond acceptors (Lipinski definition) is 3. The highest BCUT2D eigenvalue weighted by Crippen LogP contribution is 2.20. The second kappa shape index (κ2) is 7.66. The highest BCUT2D eigenvalue weighted by molar-refractivity contribution is 5.93. The van der Waals surface area contributed by atoms with Gasteiger partial charge in [0, 0.05) is 12.0 Å². The molecule has 0 radical (unpaired) electrons. The zero-order valence-electron chi connectivity index (χ0n) is 12.4. The Morgan fingerprint density at radius 3 is 2.70 bits per heavy atom. The Morgan fingerprint density at radius 2 is 2.10 bits per heavy atom. The van der Waals surface area contributed by atoms with E-state index in [1.54, 1.807) is 6.07 Å². The molecule has 1 aromatic carbocycles. The van der Waals surface area contributed by atoms with Crippen LogP contribution in [0.5, 0.6) is 0 Å². The second-order valence-electron chi connectivity index (χ2n) is 5.41. The highest BCUT2D eigenvalue weighted by Gasteiger charge is 2.15. The molecule has 0 saturated carbocycles. The predicted molar refractivity (Wildman–Crippen MR) is 81.2 cm³/mol. The van der Waals surface area contributed by atoms with Gasteiger partial charge >= 0.3 is 0 Å². The number of amides is 1. The summed E-state index contributed by atoms with van der Waals surface area (Å²) in [5.74, 6) is -0.127. The van der Waals surface area contributed by atoms with Gasteiger partial charge < -0.3 is 11.1 Å². The summed E-state index contributed by atoms with van der Waals surface area (Å²) in [5, 5.41) is 12.0. The lowest BCUT2D eigenvalue weighted by Crippen LogP contribution is -2.22. The Balaban J connectivity index is 2.62. The average Bonchev–Trinajstić information content (AvgIpc) is 2.38. The molecular formula is C16H23N3O. The lowest BCUT2D eigenvalue weighted by Gasteiger charge is -2.14. The first-order valence-electron chi connectivity index (χ1n) is 7.01. The number of aryl methyl sites for hydroxylation is 1. The van der Waals surface area contributed by atoms with E-state index in [4.69, 9.17) is 11.0 Å². The lowest BCUT2D eigenvalue weighted by atomic mass is 10.0. The van der Waals surface area contributed by atoms with Crippen LogP contribution in [0.2, 0.25) is 0 Å². The first-order valence-corrected chi connectivity index (χ1v) is 7.01. The van der Waals surface area contributed by atoms with Gasteiger partial charge in [-0.3, -0.25) is 4.79 Å². The number of benzene rings is 1. The van der Waals surface area contributed by atoms with E-state index in [2.05, 4.69) is 11.4 Å². The molecule has 0 aliphatic carbocycles. The minimum absolute atomic E-state index is 0.0447. The smallest absolute Gasteiger partial charge is 0.227 e. The largest absolute Gasteiger partial charge is 0.328 e. The molecule has 0 aromatic heterocycles. The van der Waals surface area contributed by atoms with Crippen LogP contribution in [0.1, 0.15) is 44.2 Å². The van der Waals surface area contributed by atoms with E-state index >= 15 is 0 Å². The van der Waals surface area contributed by atoms with E-state index in [1.807, 2.05) is 32.9 Å². The topological polar surface area (TPSA) is 78.9 Å². The molecule has 3 N–H and O–H groups in total. The van der Waals surface area contributed by atoms with Crippen molar-refractivity contribution in [3.63, 3.8) is 0 Å². The summed E-state index contributed by atoms with van der Waals surface area (Å²) in [6.45, 7) is 5.73. The number of nitriles is 1. The molecule has 0 aliphatic heterocycles. The number of nitrogens with one attached hydrogen (secondary N) is 1. The quantitative estimate of drug-likeness (QED) is 0.836. The molecule has 2 unspecified atom stereocenters. The van der Waals surface area contributed by atoms with E-state index in [9.17, 15) is 4.79 Å². The monoisotopic (exact) mass is 273 g/mol. The minimum atomic E-state index is -0.0826. The van der Waals surface area contributed by atoms with Crippen LogP contribution in [0.3, 0.4) is 0 Å². The normalized spacial score (nSPS) is 13.3. The lowest BCUT2D eigenvalue weighted by molar-refractivity contribution is -0.119. The van der Waals surface area contributed by atoms with Gasteiger partial charge in [0.1, 0.15) is 6.07 Å². The van der Waals surface area contributed by atoms with E-state index < -0.39 is 0 Å². The second-order valence-corrected chi connectivity index (χ2v) is 5.41. The van der Waals surface area contributed by atoms with Gasteiger partial charge in [-0.05, 0) is 38.3 Å². The van der Waals surface area contributed by atoms with Crippen molar-refractivity contribution in [1.82, 2.24) is 0 Å². The number of carbonyl (C=O) groups excluding carboxylic acids is 1. The van der Waals surface area contributed by atoms with Gasteiger partial charge in [-0.1, -0.05) is 25.5 Å². The van der Waals surface area contributed by atoms with Gasteiger partial charge in [0.2, 0.25) is 5.91 Å². The van der Waals surface area contributed by atoms with Gasteiger partial charge in [0.25, 0.3) is 0 Å². The molecule has 1 aromatic rings. The van der Waals surface area contributed by atoms with Crippen molar-refractivity contribution in [3.05, 3.63) is 29.3 Å². The zero-order valence-corrected chi connectivity index (χ0v) is 12.4. The molecule has 0 spiro atoms. The summed E-state index contributed by atoms with van der Waals surface area (Å²) in [4.78, 5) is 12.1. The van der Waals surface area contributed by atoms with Crippen LogP contribution in [-0.4, -0.2) is 11.9 Å². The number of nitrogens with zero attached hydrogens (tertiary/aromatic N) is 1. The third-order valence-electron chi connectivity index (χ3n) is 3.39. The summed E-state index contributed by atoms with van der Waals surface area (Å²) < 4.78 is 0. The molecule has 0 bridgehead atoms. The summed E-state index contributed by atoms with van der Waals surface area (Å²) >= 11 is 0. The molecule has 0 aliphatic rings. The molecule has 0 heterocycles. The fraction of sp³-hybridized carbons (Fsp3) is 0.500. The number of nitrogens with two attached hydrogens (primary N) is 1.